The first-order chi connectivity index (χ1) is 9.45. The fourth-order valence-electron chi connectivity index (χ4n) is 1.90. The lowest BCUT2D eigenvalue weighted by atomic mass is 10.0. The molecule has 20 heavy (non-hydrogen) atoms. The predicted octanol–water partition coefficient (Wildman–Crippen LogP) is 6.26. The predicted molar refractivity (Wildman–Crippen MR) is 89.4 cm³/mol. The second-order valence-corrected chi connectivity index (χ2v) is 6.59. The van der Waals surface area contributed by atoms with Crippen LogP contribution in [-0.4, -0.2) is 6.10 Å². The standard InChI is InChI=1S/C16H15BrCl2O/c1-10(2)20-15-5-3-11(4-6-15)16(17)12-7-13(18)9-14(19)8-12/h3-10,16H,1-2H3. The molecule has 0 fully saturated rings. The number of benzene rings is 2. The van der Waals surface area contributed by atoms with Gasteiger partial charge in [0.25, 0.3) is 0 Å². The van der Waals surface area contributed by atoms with E-state index in [0.29, 0.717) is 10.0 Å². The molecular weight excluding hydrogens is 359 g/mol. The molecule has 1 unspecified atom stereocenters. The van der Waals surface area contributed by atoms with Gasteiger partial charge in [-0.2, -0.15) is 0 Å². The van der Waals surface area contributed by atoms with Gasteiger partial charge in [0.05, 0.1) is 10.9 Å². The van der Waals surface area contributed by atoms with Crippen LogP contribution in [-0.2, 0) is 0 Å². The Morgan fingerprint density at radius 3 is 1.95 bits per heavy atom. The van der Waals surface area contributed by atoms with E-state index in [9.17, 15) is 0 Å². The zero-order valence-electron chi connectivity index (χ0n) is 11.2. The number of ether oxygens (including phenoxy) is 1. The molecule has 2 aromatic rings. The van der Waals surface area contributed by atoms with E-state index >= 15 is 0 Å². The van der Waals surface area contributed by atoms with Crippen molar-refractivity contribution in [3.8, 4) is 5.75 Å². The Labute approximate surface area is 138 Å². The third-order valence-corrected chi connectivity index (χ3v) is 4.22. The highest BCUT2D eigenvalue weighted by atomic mass is 79.9. The van der Waals surface area contributed by atoms with Crippen LogP contribution in [0.25, 0.3) is 0 Å². The van der Waals surface area contributed by atoms with E-state index in [-0.39, 0.29) is 10.9 Å². The van der Waals surface area contributed by atoms with Gasteiger partial charge in [-0.05, 0) is 55.3 Å². The first-order valence-electron chi connectivity index (χ1n) is 6.32. The second kappa shape index (κ2) is 6.84. The van der Waals surface area contributed by atoms with Crippen molar-refractivity contribution in [3.63, 3.8) is 0 Å². The Morgan fingerprint density at radius 1 is 0.900 bits per heavy atom. The SMILES string of the molecule is CC(C)Oc1ccc(C(Br)c2cc(Cl)cc(Cl)c2)cc1. The largest absolute Gasteiger partial charge is 0.491 e. The van der Waals surface area contributed by atoms with Crippen molar-refractivity contribution in [3.05, 3.63) is 63.6 Å². The van der Waals surface area contributed by atoms with Gasteiger partial charge in [0.15, 0.2) is 0 Å². The van der Waals surface area contributed by atoms with Gasteiger partial charge in [-0.3, -0.25) is 0 Å². The van der Waals surface area contributed by atoms with Crippen molar-refractivity contribution in [1.82, 2.24) is 0 Å². The average molecular weight is 374 g/mol. The number of hydrogen-bond donors (Lipinski definition) is 0. The Hall–Kier alpha value is -0.700. The number of halogens is 3. The summed E-state index contributed by atoms with van der Waals surface area (Å²) in [6, 6.07) is 13.5. The maximum Gasteiger partial charge on any atom is 0.119 e. The molecular formula is C16H15BrCl2O. The summed E-state index contributed by atoms with van der Waals surface area (Å²) in [4.78, 5) is 0.0480. The van der Waals surface area contributed by atoms with Gasteiger partial charge >= 0.3 is 0 Å². The van der Waals surface area contributed by atoms with Crippen LogP contribution in [0.3, 0.4) is 0 Å². The van der Waals surface area contributed by atoms with Gasteiger partial charge in [-0.25, -0.2) is 0 Å². The molecule has 1 nitrogen and oxygen atoms in total. The van der Waals surface area contributed by atoms with E-state index in [1.165, 1.54) is 0 Å². The summed E-state index contributed by atoms with van der Waals surface area (Å²) >= 11 is 15.8. The number of hydrogen-bond acceptors (Lipinski definition) is 1. The van der Waals surface area contributed by atoms with Crippen molar-refractivity contribution in [1.29, 1.82) is 0 Å². The average Bonchev–Trinajstić information content (AvgIpc) is 2.37. The third kappa shape index (κ3) is 4.15. The molecule has 0 aliphatic rings. The lowest BCUT2D eigenvalue weighted by Gasteiger charge is -2.14. The molecule has 0 radical (unpaired) electrons. The van der Waals surface area contributed by atoms with Crippen LogP contribution in [0.5, 0.6) is 5.75 Å². The molecule has 106 valence electrons. The molecule has 2 aromatic carbocycles. The summed E-state index contributed by atoms with van der Waals surface area (Å²) in [5.41, 5.74) is 2.15. The fourth-order valence-corrected chi connectivity index (χ4v) is 3.01. The molecule has 0 bridgehead atoms. The van der Waals surface area contributed by atoms with E-state index in [1.54, 1.807) is 6.07 Å². The van der Waals surface area contributed by atoms with Crippen molar-refractivity contribution in [2.24, 2.45) is 0 Å². The van der Waals surface area contributed by atoms with Gasteiger partial charge in [0.2, 0.25) is 0 Å². The first kappa shape index (κ1) is 15.7. The molecule has 0 amide bonds. The summed E-state index contributed by atoms with van der Waals surface area (Å²) < 4.78 is 5.64. The number of alkyl halides is 1. The minimum absolute atomic E-state index is 0.0480. The molecule has 4 heteroatoms. The summed E-state index contributed by atoms with van der Waals surface area (Å²) in [5, 5.41) is 1.27. The smallest absolute Gasteiger partial charge is 0.119 e. The lowest BCUT2D eigenvalue weighted by molar-refractivity contribution is 0.242. The maximum absolute atomic E-state index is 6.04. The van der Waals surface area contributed by atoms with E-state index in [1.807, 2.05) is 50.2 Å². The summed E-state index contributed by atoms with van der Waals surface area (Å²) in [6.45, 7) is 4.02. The van der Waals surface area contributed by atoms with E-state index in [0.717, 1.165) is 16.9 Å². The van der Waals surface area contributed by atoms with Crippen molar-refractivity contribution in [2.75, 3.05) is 0 Å². The molecule has 0 aliphatic heterocycles. The quantitative estimate of drug-likeness (QED) is 0.574. The normalized spacial score (nSPS) is 12.5. The minimum Gasteiger partial charge on any atom is -0.491 e. The molecule has 0 heterocycles. The lowest BCUT2D eigenvalue weighted by Crippen LogP contribution is -2.05. The van der Waals surface area contributed by atoms with Crippen LogP contribution >= 0.6 is 39.1 Å². The first-order valence-corrected chi connectivity index (χ1v) is 7.99. The van der Waals surface area contributed by atoms with Crippen molar-refractivity contribution in [2.45, 2.75) is 24.8 Å². The summed E-state index contributed by atoms with van der Waals surface area (Å²) in [6.07, 6.45) is 0.173. The van der Waals surface area contributed by atoms with Crippen molar-refractivity contribution < 1.29 is 4.74 Å². The molecule has 0 aliphatic carbocycles. The van der Waals surface area contributed by atoms with Crippen LogP contribution in [0, 0.1) is 0 Å². The van der Waals surface area contributed by atoms with Gasteiger partial charge in [-0.15, -0.1) is 0 Å². The van der Waals surface area contributed by atoms with E-state index in [2.05, 4.69) is 15.9 Å². The Bertz CT molecular complexity index is 561. The molecule has 0 saturated heterocycles. The number of rotatable bonds is 4. The van der Waals surface area contributed by atoms with Gasteiger partial charge in [0, 0.05) is 10.0 Å². The molecule has 2 rings (SSSR count). The van der Waals surface area contributed by atoms with Crippen LogP contribution in [0.15, 0.2) is 42.5 Å². The van der Waals surface area contributed by atoms with Crippen molar-refractivity contribution >= 4 is 39.1 Å². The van der Waals surface area contributed by atoms with E-state index in [4.69, 9.17) is 27.9 Å². The second-order valence-electron chi connectivity index (χ2n) is 4.80. The van der Waals surface area contributed by atoms with Crippen LogP contribution < -0.4 is 4.74 Å². The van der Waals surface area contributed by atoms with Gasteiger partial charge < -0.3 is 4.74 Å². The van der Waals surface area contributed by atoms with Gasteiger partial charge in [0.1, 0.15) is 5.75 Å². The van der Waals surface area contributed by atoms with Gasteiger partial charge in [-0.1, -0.05) is 51.3 Å². The third-order valence-electron chi connectivity index (χ3n) is 2.72. The molecule has 1 atom stereocenters. The molecule has 0 spiro atoms. The monoisotopic (exact) mass is 372 g/mol. The van der Waals surface area contributed by atoms with Crippen LogP contribution in [0.2, 0.25) is 10.0 Å². The van der Waals surface area contributed by atoms with Crippen LogP contribution in [0.4, 0.5) is 0 Å². The highest BCUT2D eigenvalue weighted by molar-refractivity contribution is 9.09. The highest BCUT2D eigenvalue weighted by Crippen LogP contribution is 2.34. The molecule has 0 saturated carbocycles. The summed E-state index contributed by atoms with van der Waals surface area (Å²) in [7, 11) is 0. The molecule has 0 N–H and O–H groups in total. The Morgan fingerprint density at radius 2 is 1.45 bits per heavy atom. The minimum atomic E-state index is 0.0480. The Balaban J connectivity index is 2.22. The Kier molecular flexibility index (Phi) is 5.36. The molecule has 0 aromatic heterocycles. The summed E-state index contributed by atoms with van der Waals surface area (Å²) in [5.74, 6) is 0.868. The highest BCUT2D eigenvalue weighted by Gasteiger charge is 2.12. The zero-order valence-corrected chi connectivity index (χ0v) is 14.3. The zero-order chi connectivity index (χ0) is 14.7. The topological polar surface area (TPSA) is 9.23 Å². The van der Waals surface area contributed by atoms with E-state index < -0.39 is 0 Å². The van der Waals surface area contributed by atoms with Crippen LogP contribution in [0.1, 0.15) is 29.8 Å². The fraction of sp³-hybridized carbons (Fsp3) is 0.250. The maximum atomic E-state index is 6.04.